The molecule has 3 saturated carbocycles. The normalized spacial score (nSPS) is 51.2. The fourth-order valence-electron chi connectivity index (χ4n) is 6.64. The third-order valence-corrected chi connectivity index (χ3v) is 7.55. The highest BCUT2D eigenvalue weighted by Gasteiger charge is 2.68. The molecular weight excluding hydrogens is 260 g/mol. The van der Waals surface area contributed by atoms with Crippen LogP contribution in [0.4, 0.5) is 0 Å². The van der Waals surface area contributed by atoms with Crippen LogP contribution < -0.4 is 5.32 Å². The standard InChI is InChI=1S/C18H28N2O/c21-17(16-14-12-3-4-13(9-12)15(14)16)20-8-2-6-18(11-20)5-1-7-19-10-18/h12-16,19H,1-11H2. The summed E-state index contributed by atoms with van der Waals surface area (Å²) < 4.78 is 0. The highest BCUT2D eigenvalue weighted by Crippen LogP contribution is 2.69. The van der Waals surface area contributed by atoms with Gasteiger partial charge in [-0.1, -0.05) is 0 Å². The average Bonchev–Trinajstić information content (AvgIpc) is 2.94. The largest absolute Gasteiger partial charge is 0.342 e. The Kier molecular flexibility index (Phi) is 2.75. The Hall–Kier alpha value is -0.570. The van der Waals surface area contributed by atoms with E-state index in [4.69, 9.17) is 0 Å². The second kappa shape index (κ2) is 4.47. The lowest BCUT2D eigenvalue weighted by Crippen LogP contribution is -2.53. The number of hydrogen-bond acceptors (Lipinski definition) is 2. The first-order chi connectivity index (χ1) is 10.3. The third-order valence-electron chi connectivity index (χ3n) is 7.55. The number of amides is 1. The van der Waals surface area contributed by atoms with Crippen LogP contribution in [0, 0.1) is 35.0 Å². The molecule has 5 rings (SSSR count). The zero-order valence-electron chi connectivity index (χ0n) is 13.0. The first-order valence-electron chi connectivity index (χ1n) is 9.27. The van der Waals surface area contributed by atoms with Crippen LogP contribution in [-0.4, -0.2) is 37.0 Å². The number of hydrogen-bond donors (Lipinski definition) is 1. The van der Waals surface area contributed by atoms with Crippen molar-refractivity contribution in [3.63, 3.8) is 0 Å². The van der Waals surface area contributed by atoms with E-state index in [9.17, 15) is 4.79 Å². The molecule has 2 aliphatic heterocycles. The molecular formula is C18H28N2O. The predicted molar refractivity (Wildman–Crippen MR) is 81.7 cm³/mol. The van der Waals surface area contributed by atoms with E-state index in [0.29, 0.717) is 17.2 Å². The highest BCUT2D eigenvalue weighted by molar-refractivity contribution is 5.83. The van der Waals surface area contributed by atoms with Gasteiger partial charge in [0.05, 0.1) is 0 Å². The van der Waals surface area contributed by atoms with Crippen molar-refractivity contribution in [3.8, 4) is 0 Å². The van der Waals surface area contributed by atoms with Gasteiger partial charge >= 0.3 is 0 Å². The number of carbonyl (C=O) groups excluding carboxylic acids is 1. The minimum atomic E-state index is 0.412. The van der Waals surface area contributed by atoms with E-state index in [1.807, 2.05) is 0 Å². The van der Waals surface area contributed by atoms with Crippen molar-refractivity contribution in [1.29, 1.82) is 0 Å². The molecule has 5 unspecified atom stereocenters. The number of piperidine rings is 2. The van der Waals surface area contributed by atoms with Gasteiger partial charge in [0, 0.05) is 31.0 Å². The number of carbonyl (C=O) groups is 1. The molecule has 2 saturated heterocycles. The molecule has 5 fully saturated rings. The second-order valence-electron chi connectivity index (χ2n) is 8.66. The summed E-state index contributed by atoms with van der Waals surface area (Å²) in [6, 6.07) is 0. The summed E-state index contributed by atoms with van der Waals surface area (Å²) in [5.41, 5.74) is 0.412. The van der Waals surface area contributed by atoms with Gasteiger partial charge in [-0.3, -0.25) is 4.79 Å². The van der Waals surface area contributed by atoms with Crippen molar-refractivity contribution >= 4 is 5.91 Å². The molecule has 0 aromatic carbocycles. The Morgan fingerprint density at radius 2 is 1.86 bits per heavy atom. The topological polar surface area (TPSA) is 32.3 Å². The maximum atomic E-state index is 13.0. The van der Waals surface area contributed by atoms with E-state index >= 15 is 0 Å². The molecule has 3 aliphatic carbocycles. The van der Waals surface area contributed by atoms with Crippen molar-refractivity contribution in [2.75, 3.05) is 26.2 Å². The Bertz CT molecular complexity index is 435. The summed E-state index contributed by atoms with van der Waals surface area (Å²) in [5, 5.41) is 3.58. The van der Waals surface area contributed by atoms with Gasteiger partial charge in [0.2, 0.25) is 5.91 Å². The summed E-state index contributed by atoms with van der Waals surface area (Å²) in [7, 11) is 0. The van der Waals surface area contributed by atoms with Crippen molar-refractivity contribution < 1.29 is 4.79 Å². The van der Waals surface area contributed by atoms with E-state index in [2.05, 4.69) is 10.2 Å². The van der Waals surface area contributed by atoms with Crippen LogP contribution in [0.2, 0.25) is 0 Å². The van der Waals surface area contributed by atoms with Gasteiger partial charge < -0.3 is 10.2 Å². The Balaban J connectivity index is 1.29. The monoisotopic (exact) mass is 288 g/mol. The van der Waals surface area contributed by atoms with E-state index in [1.54, 1.807) is 0 Å². The van der Waals surface area contributed by atoms with Gasteiger partial charge in [0.25, 0.3) is 0 Å². The number of likely N-dealkylation sites (tertiary alicyclic amines) is 1. The van der Waals surface area contributed by atoms with Gasteiger partial charge in [-0.2, -0.15) is 0 Å². The van der Waals surface area contributed by atoms with Gasteiger partial charge in [0.1, 0.15) is 0 Å². The van der Waals surface area contributed by atoms with Gasteiger partial charge in [-0.05, 0) is 75.2 Å². The molecule has 1 amide bonds. The fraction of sp³-hybridized carbons (Fsp3) is 0.944. The summed E-state index contributed by atoms with van der Waals surface area (Å²) in [6.45, 7) is 4.39. The third kappa shape index (κ3) is 1.85. The van der Waals surface area contributed by atoms with Crippen LogP contribution in [0.5, 0.6) is 0 Å². The van der Waals surface area contributed by atoms with Crippen LogP contribution in [0.3, 0.4) is 0 Å². The Morgan fingerprint density at radius 3 is 2.57 bits per heavy atom. The van der Waals surface area contributed by atoms with Crippen molar-refractivity contribution in [2.45, 2.75) is 44.9 Å². The number of rotatable bonds is 1. The van der Waals surface area contributed by atoms with E-state index < -0.39 is 0 Å². The molecule has 1 N–H and O–H groups in total. The van der Waals surface area contributed by atoms with Crippen LogP contribution >= 0.6 is 0 Å². The number of nitrogens with zero attached hydrogens (tertiary/aromatic N) is 1. The Labute approximate surface area is 127 Å². The van der Waals surface area contributed by atoms with Gasteiger partial charge in [-0.25, -0.2) is 0 Å². The highest BCUT2D eigenvalue weighted by atomic mass is 16.2. The zero-order chi connectivity index (χ0) is 14.0. The van der Waals surface area contributed by atoms with Gasteiger partial charge in [-0.15, -0.1) is 0 Å². The minimum absolute atomic E-state index is 0.412. The summed E-state index contributed by atoms with van der Waals surface area (Å²) >= 11 is 0. The lowest BCUT2D eigenvalue weighted by Gasteiger charge is -2.45. The summed E-state index contributed by atoms with van der Waals surface area (Å²) in [5.74, 6) is 4.44. The fourth-order valence-corrected chi connectivity index (χ4v) is 6.64. The molecule has 5 aliphatic rings. The lowest BCUT2D eigenvalue weighted by molar-refractivity contribution is -0.137. The molecule has 3 nitrogen and oxygen atoms in total. The van der Waals surface area contributed by atoms with E-state index in [-0.39, 0.29) is 0 Å². The van der Waals surface area contributed by atoms with Gasteiger partial charge in [0.15, 0.2) is 0 Å². The molecule has 2 bridgehead atoms. The van der Waals surface area contributed by atoms with Crippen LogP contribution in [0.25, 0.3) is 0 Å². The van der Waals surface area contributed by atoms with E-state index in [1.165, 1.54) is 51.5 Å². The minimum Gasteiger partial charge on any atom is -0.342 e. The van der Waals surface area contributed by atoms with Crippen molar-refractivity contribution in [1.82, 2.24) is 10.2 Å². The summed E-state index contributed by atoms with van der Waals surface area (Å²) in [4.78, 5) is 15.3. The van der Waals surface area contributed by atoms with Crippen molar-refractivity contribution in [3.05, 3.63) is 0 Å². The SMILES string of the molecule is O=C(C1C2C3CCC(C3)C12)N1CCCC2(CCCNC2)C1. The maximum absolute atomic E-state index is 13.0. The quantitative estimate of drug-likeness (QED) is 0.803. The maximum Gasteiger partial charge on any atom is 0.226 e. The second-order valence-corrected chi connectivity index (χ2v) is 8.66. The molecule has 2 heterocycles. The van der Waals surface area contributed by atoms with E-state index in [0.717, 1.165) is 43.3 Å². The smallest absolute Gasteiger partial charge is 0.226 e. The molecule has 0 aromatic heterocycles. The Morgan fingerprint density at radius 1 is 1.10 bits per heavy atom. The number of fused-ring (bicyclic) bond motifs is 5. The molecule has 1 spiro atoms. The molecule has 21 heavy (non-hydrogen) atoms. The zero-order valence-corrected chi connectivity index (χ0v) is 13.0. The molecule has 3 heteroatoms. The van der Waals surface area contributed by atoms with Crippen molar-refractivity contribution in [2.24, 2.45) is 35.0 Å². The molecule has 0 aromatic rings. The van der Waals surface area contributed by atoms with Crippen LogP contribution in [0.1, 0.15) is 44.9 Å². The lowest BCUT2D eigenvalue weighted by atomic mass is 9.74. The first-order valence-corrected chi connectivity index (χ1v) is 9.27. The molecule has 0 radical (unpaired) electrons. The average molecular weight is 288 g/mol. The number of nitrogens with one attached hydrogen (secondary N) is 1. The first kappa shape index (κ1) is 12.9. The molecule has 116 valence electrons. The van der Waals surface area contributed by atoms with Crippen LogP contribution in [-0.2, 0) is 4.79 Å². The van der Waals surface area contributed by atoms with Crippen LogP contribution in [0.15, 0.2) is 0 Å². The predicted octanol–water partition coefficient (Wildman–Crippen LogP) is 2.27. The molecule has 5 atom stereocenters. The summed E-state index contributed by atoms with van der Waals surface area (Å²) in [6.07, 6.45) is 9.46.